The van der Waals surface area contributed by atoms with E-state index in [-0.39, 0.29) is 36.4 Å². The number of piperidine rings is 2. The summed E-state index contributed by atoms with van der Waals surface area (Å²) in [6, 6.07) is 13.3. The lowest BCUT2D eigenvalue weighted by atomic mass is 9.94. The van der Waals surface area contributed by atoms with E-state index in [0.717, 1.165) is 87.2 Å². The van der Waals surface area contributed by atoms with Crippen molar-refractivity contribution in [2.24, 2.45) is 5.92 Å². The Bertz CT molecular complexity index is 2160. The summed E-state index contributed by atoms with van der Waals surface area (Å²) >= 11 is 0. The molecule has 0 unspecified atom stereocenters. The summed E-state index contributed by atoms with van der Waals surface area (Å²) in [5, 5.41) is 13.3. The van der Waals surface area contributed by atoms with Crippen LogP contribution >= 0.6 is 0 Å². The first-order valence-electron chi connectivity index (χ1n) is 18.5. The molecule has 0 aliphatic carbocycles. The highest BCUT2D eigenvalue weighted by molar-refractivity contribution is 6.06. The number of imide groups is 1. The maximum atomic E-state index is 13.2. The monoisotopic (exact) mass is 758 g/mol. The lowest BCUT2D eigenvalue weighted by molar-refractivity contribution is -0.137. The third-order valence-corrected chi connectivity index (χ3v) is 11.2. The van der Waals surface area contributed by atoms with E-state index in [2.05, 4.69) is 26.5 Å². The molecule has 16 heteroatoms. The number of hydrogen-bond donors (Lipinski definition) is 2. The Morgan fingerprint density at radius 1 is 0.945 bits per heavy atom. The maximum absolute atomic E-state index is 13.2. The number of alkyl halides is 3. The van der Waals surface area contributed by atoms with Gasteiger partial charge < -0.3 is 19.9 Å². The van der Waals surface area contributed by atoms with Crippen LogP contribution in [0.15, 0.2) is 60.8 Å². The zero-order chi connectivity index (χ0) is 38.4. The second-order valence-electron chi connectivity index (χ2n) is 14.6. The largest absolute Gasteiger partial charge is 0.494 e. The molecule has 0 spiro atoms. The van der Waals surface area contributed by atoms with Crippen molar-refractivity contribution in [2.45, 2.75) is 50.9 Å². The molecule has 2 N–H and O–H groups in total. The molecule has 1 aromatic heterocycles. The molecule has 3 aromatic carbocycles. The van der Waals surface area contributed by atoms with E-state index in [1.165, 1.54) is 29.3 Å². The molecule has 8 rings (SSSR count). The second kappa shape index (κ2) is 14.5. The molecule has 0 bridgehead atoms. The lowest BCUT2D eigenvalue weighted by Crippen LogP contribution is -2.56. The van der Waals surface area contributed by atoms with Gasteiger partial charge in [-0.15, -0.1) is 0 Å². The molecule has 55 heavy (non-hydrogen) atoms. The summed E-state index contributed by atoms with van der Waals surface area (Å²) in [4.78, 5) is 54.8. The predicted molar refractivity (Wildman–Crippen MR) is 197 cm³/mol. The number of nitrogens with one attached hydrogen (secondary N) is 2. The molecule has 3 fully saturated rings. The molecular weight excluding hydrogens is 717 g/mol. The Kier molecular flexibility index (Phi) is 9.61. The Morgan fingerprint density at radius 2 is 1.73 bits per heavy atom. The number of ether oxygens (including phenoxy) is 1. The number of halogens is 3. The number of methoxy groups -OCH3 is 1. The first-order chi connectivity index (χ1) is 26.4. The Hall–Kier alpha value is -5.64. The zero-order valence-electron chi connectivity index (χ0n) is 30.3. The van der Waals surface area contributed by atoms with Gasteiger partial charge in [0.25, 0.3) is 11.8 Å². The van der Waals surface area contributed by atoms with Crippen molar-refractivity contribution >= 4 is 46.0 Å². The number of amides is 5. The zero-order valence-corrected chi connectivity index (χ0v) is 30.3. The fourth-order valence-corrected chi connectivity index (χ4v) is 8.13. The Balaban J connectivity index is 0.833. The molecule has 4 aliphatic heterocycles. The van der Waals surface area contributed by atoms with Crippen LogP contribution in [0.2, 0.25) is 0 Å². The first kappa shape index (κ1) is 36.3. The number of hydrazine groups is 1. The fourth-order valence-electron chi connectivity index (χ4n) is 8.13. The van der Waals surface area contributed by atoms with Crippen molar-refractivity contribution in [3.8, 4) is 5.75 Å². The van der Waals surface area contributed by atoms with Crippen molar-refractivity contribution in [1.82, 2.24) is 30.0 Å². The molecule has 5 amide bonds. The molecule has 0 atom stereocenters. The molecular formula is C39H41F3N8O5. The van der Waals surface area contributed by atoms with Crippen LogP contribution < -0.4 is 20.3 Å². The lowest BCUT2D eigenvalue weighted by Gasteiger charge is -2.38. The first-order valence-corrected chi connectivity index (χ1v) is 18.5. The van der Waals surface area contributed by atoms with Gasteiger partial charge >= 0.3 is 12.2 Å². The second-order valence-corrected chi connectivity index (χ2v) is 14.6. The number of likely N-dealkylation sites (tertiary alicyclic amines) is 1. The summed E-state index contributed by atoms with van der Waals surface area (Å²) < 4.78 is 47.1. The molecule has 4 aliphatic rings. The summed E-state index contributed by atoms with van der Waals surface area (Å²) in [6.07, 6.45) is 1.54. The van der Waals surface area contributed by atoms with Gasteiger partial charge in [0.15, 0.2) is 0 Å². The van der Waals surface area contributed by atoms with Crippen LogP contribution in [0, 0.1) is 5.92 Å². The van der Waals surface area contributed by atoms with Crippen LogP contribution in [0.25, 0.3) is 10.9 Å². The number of rotatable bonds is 8. The van der Waals surface area contributed by atoms with E-state index in [0.29, 0.717) is 35.0 Å². The topological polar surface area (TPSA) is 132 Å². The van der Waals surface area contributed by atoms with Crippen LogP contribution in [-0.4, -0.2) is 94.8 Å². The van der Waals surface area contributed by atoms with Gasteiger partial charge in [-0.2, -0.15) is 18.3 Å². The predicted octanol–water partition coefficient (Wildman–Crippen LogP) is 5.68. The van der Waals surface area contributed by atoms with Gasteiger partial charge in [0, 0.05) is 73.6 Å². The molecule has 3 saturated heterocycles. The summed E-state index contributed by atoms with van der Waals surface area (Å²) in [6.45, 7) is 5.23. The highest BCUT2D eigenvalue weighted by Gasteiger charge is 2.37. The standard InChI is InChI=1S/C39H41F3N8O5/c1-55-34-20-32-27(19-33(34)43-36(52)25-3-2-4-28(17-25)39(40,41)42)22-48(45-32)29-9-12-46(13-10-29)21-24-7-14-47(15-8-24)30-5-6-31-26(18-30)23-50(37(31)53)49-16-11-35(51)44-38(49)54/h2-6,17-20,22,24,29H,7-16,21,23H2,1H3,(H,43,52)(H,44,51,54). The van der Waals surface area contributed by atoms with Gasteiger partial charge in [-0.05, 0) is 79.6 Å². The third kappa shape index (κ3) is 7.42. The number of anilines is 2. The van der Waals surface area contributed by atoms with Crippen molar-refractivity contribution in [2.75, 3.05) is 56.6 Å². The number of hydrogen-bond acceptors (Lipinski definition) is 8. The molecule has 0 radical (unpaired) electrons. The van der Waals surface area contributed by atoms with Crippen LogP contribution in [0.4, 0.5) is 29.3 Å². The number of carbonyl (C=O) groups is 4. The maximum Gasteiger partial charge on any atom is 0.416 e. The highest BCUT2D eigenvalue weighted by atomic mass is 19.4. The quantitative estimate of drug-likeness (QED) is 0.235. The van der Waals surface area contributed by atoms with E-state index in [4.69, 9.17) is 9.84 Å². The SMILES string of the molecule is COc1cc2nn(C3CCN(CC4CCN(c5ccc6c(c5)CN(N5CCC(=O)NC5=O)C6=O)CC4)CC3)cc2cc1NC(=O)c1cccc(C(F)(F)F)c1. The van der Waals surface area contributed by atoms with Crippen LogP contribution in [0.5, 0.6) is 5.75 Å². The Morgan fingerprint density at radius 3 is 2.45 bits per heavy atom. The molecule has 5 heterocycles. The third-order valence-electron chi connectivity index (χ3n) is 11.2. The highest BCUT2D eigenvalue weighted by Crippen LogP contribution is 2.35. The molecule has 0 saturated carbocycles. The van der Waals surface area contributed by atoms with E-state index in [9.17, 15) is 32.3 Å². The fraction of sp³-hybridized carbons (Fsp3) is 0.410. The number of benzene rings is 3. The van der Waals surface area contributed by atoms with Crippen LogP contribution in [0.3, 0.4) is 0 Å². The average molecular weight is 759 g/mol. The molecule has 13 nitrogen and oxygen atoms in total. The summed E-state index contributed by atoms with van der Waals surface area (Å²) in [5.41, 5.74) is 2.57. The van der Waals surface area contributed by atoms with Crippen molar-refractivity contribution in [1.29, 1.82) is 0 Å². The smallest absolute Gasteiger partial charge is 0.416 e. The minimum Gasteiger partial charge on any atom is -0.494 e. The van der Waals surface area contributed by atoms with Gasteiger partial charge in [0.2, 0.25) is 5.91 Å². The molecule has 4 aromatic rings. The number of urea groups is 1. The Labute approximate surface area is 314 Å². The van der Waals surface area contributed by atoms with Crippen LogP contribution in [0.1, 0.15) is 70.0 Å². The number of carbonyl (C=O) groups excluding carboxylic acids is 4. The van der Waals surface area contributed by atoms with E-state index in [1.807, 2.05) is 23.0 Å². The molecule has 288 valence electrons. The summed E-state index contributed by atoms with van der Waals surface area (Å²) in [7, 11) is 1.46. The van der Waals surface area contributed by atoms with Crippen LogP contribution in [-0.2, 0) is 17.5 Å². The van der Waals surface area contributed by atoms with Crippen molar-refractivity contribution in [3.05, 3.63) is 83.0 Å². The number of nitrogens with zero attached hydrogens (tertiary/aromatic N) is 6. The van der Waals surface area contributed by atoms with Gasteiger partial charge in [0.05, 0.1) is 43.0 Å². The number of aromatic nitrogens is 2. The van der Waals surface area contributed by atoms with E-state index < -0.39 is 23.7 Å². The van der Waals surface area contributed by atoms with Gasteiger partial charge in [-0.25, -0.2) is 14.8 Å². The van der Waals surface area contributed by atoms with E-state index >= 15 is 0 Å². The average Bonchev–Trinajstić information content (AvgIpc) is 3.74. The van der Waals surface area contributed by atoms with E-state index in [1.54, 1.807) is 12.1 Å². The van der Waals surface area contributed by atoms with Gasteiger partial charge in [-0.1, -0.05) is 6.07 Å². The minimum absolute atomic E-state index is 0.108. The van der Waals surface area contributed by atoms with Gasteiger partial charge in [-0.3, -0.25) is 24.4 Å². The number of fused-ring (bicyclic) bond motifs is 2. The minimum atomic E-state index is -4.56. The van der Waals surface area contributed by atoms with Crippen molar-refractivity contribution in [3.63, 3.8) is 0 Å². The summed E-state index contributed by atoms with van der Waals surface area (Å²) in [5.74, 6) is -0.307. The van der Waals surface area contributed by atoms with Crippen molar-refractivity contribution < 1.29 is 37.1 Å². The van der Waals surface area contributed by atoms with Gasteiger partial charge in [0.1, 0.15) is 5.75 Å². The normalized spacial score (nSPS) is 18.9.